The van der Waals surface area contributed by atoms with Gasteiger partial charge >= 0.3 is 5.97 Å². The summed E-state index contributed by atoms with van der Waals surface area (Å²) < 4.78 is 0. The fourth-order valence-electron chi connectivity index (χ4n) is 2.52. The molecule has 2 atom stereocenters. The maximum Gasteiger partial charge on any atom is 0.323 e. The smallest absolute Gasteiger partial charge is 0.323 e. The van der Waals surface area contributed by atoms with Crippen LogP contribution in [-0.4, -0.2) is 51.5 Å². The molecule has 2 N–H and O–H groups in total. The number of aliphatic carboxylic acids is 1. The molecule has 1 heterocycles. The minimum atomic E-state index is -1.23. The Bertz CT molecular complexity index is 579. The van der Waals surface area contributed by atoms with Gasteiger partial charge in [-0.2, -0.15) is 0 Å². The van der Waals surface area contributed by atoms with Gasteiger partial charge in [-0.1, -0.05) is 6.07 Å². The first-order valence-corrected chi connectivity index (χ1v) is 6.47. The van der Waals surface area contributed by atoms with Gasteiger partial charge in [0.25, 0.3) is 11.8 Å². The first kappa shape index (κ1) is 14.8. The monoisotopic (exact) mass is 292 g/mol. The van der Waals surface area contributed by atoms with Crippen LogP contribution in [0.4, 0.5) is 5.69 Å². The molecule has 0 saturated carbocycles. The Labute approximate surface area is 121 Å². The summed E-state index contributed by atoms with van der Waals surface area (Å²) in [5, 5.41) is 18.3. The van der Waals surface area contributed by atoms with E-state index in [9.17, 15) is 19.5 Å². The highest BCUT2D eigenvalue weighted by atomic mass is 16.4. The second kappa shape index (κ2) is 5.43. The quantitative estimate of drug-likeness (QED) is 0.784. The number of anilines is 1. The first-order valence-electron chi connectivity index (χ1n) is 6.47. The zero-order chi connectivity index (χ0) is 15.7. The number of benzene rings is 1. The van der Waals surface area contributed by atoms with Crippen molar-refractivity contribution in [1.82, 2.24) is 4.90 Å². The SMILES string of the molecule is CC1C(=O)N(CC(=O)O)C(=O)C(C)N1c1cccc(O)c1. The Morgan fingerprint density at radius 2 is 1.76 bits per heavy atom. The van der Waals surface area contributed by atoms with Gasteiger partial charge in [-0.15, -0.1) is 0 Å². The number of amides is 2. The van der Waals surface area contributed by atoms with Crippen molar-refractivity contribution in [3.05, 3.63) is 24.3 Å². The summed E-state index contributed by atoms with van der Waals surface area (Å²) in [5.41, 5.74) is 0.534. The number of rotatable bonds is 3. The van der Waals surface area contributed by atoms with Crippen LogP contribution in [0, 0.1) is 0 Å². The Balaban J connectivity index is 2.36. The van der Waals surface area contributed by atoms with Crippen molar-refractivity contribution >= 4 is 23.5 Å². The van der Waals surface area contributed by atoms with Gasteiger partial charge in [-0.3, -0.25) is 19.3 Å². The molecule has 0 spiro atoms. The molecule has 21 heavy (non-hydrogen) atoms. The number of carbonyl (C=O) groups excluding carboxylic acids is 2. The van der Waals surface area contributed by atoms with E-state index in [1.54, 1.807) is 30.9 Å². The minimum absolute atomic E-state index is 0.0276. The Morgan fingerprint density at radius 3 is 2.24 bits per heavy atom. The Morgan fingerprint density at radius 1 is 1.19 bits per heavy atom. The molecule has 0 radical (unpaired) electrons. The number of hydrogen-bond donors (Lipinski definition) is 2. The number of aromatic hydroxyl groups is 1. The van der Waals surface area contributed by atoms with Crippen LogP contribution in [0.5, 0.6) is 5.75 Å². The summed E-state index contributed by atoms with van der Waals surface area (Å²) in [5.74, 6) is -2.34. The van der Waals surface area contributed by atoms with Crippen molar-refractivity contribution in [2.45, 2.75) is 25.9 Å². The average molecular weight is 292 g/mol. The normalized spacial score (nSPS) is 22.6. The molecule has 1 saturated heterocycles. The lowest BCUT2D eigenvalue weighted by molar-refractivity contribution is -0.156. The summed E-state index contributed by atoms with van der Waals surface area (Å²) >= 11 is 0. The van der Waals surface area contributed by atoms with Gasteiger partial charge in [-0.05, 0) is 26.0 Å². The van der Waals surface area contributed by atoms with Gasteiger partial charge in [0.2, 0.25) is 0 Å². The van der Waals surface area contributed by atoms with E-state index in [1.165, 1.54) is 12.1 Å². The molecular formula is C14H16N2O5. The first-order chi connectivity index (χ1) is 9.82. The summed E-state index contributed by atoms with van der Waals surface area (Å²) in [7, 11) is 0. The number of hydrogen-bond acceptors (Lipinski definition) is 5. The van der Waals surface area contributed by atoms with E-state index in [1.807, 2.05) is 0 Å². The fraction of sp³-hybridized carbons (Fsp3) is 0.357. The standard InChI is InChI=1S/C14H16N2O5/c1-8-13(20)15(7-12(18)19)14(21)9(2)16(8)10-4-3-5-11(17)6-10/h3-6,8-9,17H,7H2,1-2H3,(H,18,19). The van der Waals surface area contributed by atoms with Crippen LogP contribution in [0.3, 0.4) is 0 Å². The fourth-order valence-corrected chi connectivity index (χ4v) is 2.52. The maximum atomic E-state index is 12.2. The molecule has 1 aromatic rings. The number of piperazine rings is 1. The van der Waals surface area contributed by atoms with Gasteiger partial charge in [0.1, 0.15) is 24.4 Å². The summed E-state index contributed by atoms with van der Waals surface area (Å²) in [6, 6.07) is 4.85. The maximum absolute atomic E-state index is 12.2. The van der Waals surface area contributed by atoms with Crippen LogP contribution in [0.1, 0.15) is 13.8 Å². The Kier molecular flexibility index (Phi) is 3.84. The third-order valence-corrected chi connectivity index (χ3v) is 3.50. The number of phenols is 1. The number of nitrogens with zero attached hydrogens (tertiary/aromatic N) is 2. The van der Waals surface area contributed by atoms with Crippen molar-refractivity contribution in [2.24, 2.45) is 0 Å². The van der Waals surface area contributed by atoms with Crippen LogP contribution in [0.2, 0.25) is 0 Å². The highest BCUT2D eigenvalue weighted by Gasteiger charge is 2.43. The van der Waals surface area contributed by atoms with Crippen molar-refractivity contribution in [3.63, 3.8) is 0 Å². The van der Waals surface area contributed by atoms with Crippen molar-refractivity contribution in [1.29, 1.82) is 0 Å². The minimum Gasteiger partial charge on any atom is -0.508 e. The summed E-state index contributed by atoms with van der Waals surface area (Å²) in [6.45, 7) is 2.56. The summed E-state index contributed by atoms with van der Waals surface area (Å²) in [6.07, 6.45) is 0. The molecule has 1 aliphatic rings. The van der Waals surface area contributed by atoms with Crippen LogP contribution < -0.4 is 4.90 Å². The average Bonchev–Trinajstić information content (AvgIpc) is 2.41. The lowest BCUT2D eigenvalue weighted by Crippen LogP contribution is -2.64. The van der Waals surface area contributed by atoms with E-state index in [-0.39, 0.29) is 5.75 Å². The zero-order valence-electron chi connectivity index (χ0n) is 11.7. The molecule has 0 bridgehead atoms. The molecule has 112 valence electrons. The molecule has 7 nitrogen and oxygen atoms in total. The lowest BCUT2D eigenvalue weighted by atomic mass is 10.0. The molecule has 1 aliphatic heterocycles. The predicted octanol–water partition coefficient (Wildman–Crippen LogP) is 0.429. The van der Waals surface area contributed by atoms with Gasteiger partial charge in [0, 0.05) is 11.8 Å². The number of carboxylic acids is 1. The van der Waals surface area contributed by atoms with Crippen LogP contribution >= 0.6 is 0 Å². The molecule has 2 rings (SSSR count). The number of imide groups is 1. The molecular weight excluding hydrogens is 276 g/mol. The molecule has 1 aromatic carbocycles. The number of phenolic OH excluding ortho intramolecular Hbond substituents is 1. The second-order valence-corrected chi connectivity index (χ2v) is 4.94. The van der Waals surface area contributed by atoms with E-state index in [0.717, 1.165) is 4.90 Å². The molecule has 0 aliphatic carbocycles. The van der Waals surface area contributed by atoms with E-state index < -0.39 is 36.4 Å². The van der Waals surface area contributed by atoms with E-state index in [0.29, 0.717) is 5.69 Å². The van der Waals surface area contributed by atoms with Crippen molar-refractivity contribution in [3.8, 4) is 5.75 Å². The molecule has 2 unspecified atom stereocenters. The van der Waals surface area contributed by atoms with Crippen LogP contribution in [0.25, 0.3) is 0 Å². The highest BCUT2D eigenvalue weighted by molar-refractivity contribution is 6.07. The largest absolute Gasteiger partial charge is 0.508 e. The molecule has 2 amide bonds. The molecule has 7 heteroatoms. The van der Waals surface area contributed by atoms with E-state index in [4.69, 9.17) is 5.11 Å². The van der Waals surface area contributed by atoms with Crippen molar-refractivity contribution < 1.29 is 24.6 Å². The van der Waals surface area contributed by atoms with Crippen LogP contribution in [-0.2, 0) is 14.4 Å². The van der Waals surface area contributed by atoms with Crippen molar-refractivity contribution in [2.75, 3.05) is 11.4 Å². The van der Waals surface area contributed by atoms with Gasteiger partial charge in [-0.25, -0.2) is 0 Å². The van der Waals surface area contributed by atoms with E-state index >= 15 is 0 Å². The lowest BCUT2D eigenvalue weighted by Gasteiger charge is -2.42. The topological polar surface area (TPSA) is 98.2 Å². The number of carbonyl (C=O) groups is 3. The van der Waals surface area contributed by atoms with Gasteiger partial charge in [0.15, 0.2) is 0 Å². The van der Waals surface area contributed by atoms with E-state index in [2.05, 4.69) is 0 Å². The molecule has 0 aromatic heterocycles. The summed E-state index contributed by atoms with van der Waals surface area (Å²) in [4.78, 5) is 37.6. The second-order valence-electron chi connectivity index (χ2n) is 4.94. The van der Waals surface area contributed by atoms with Crippen LogP contribution in [0.15, 0.2) is 24.3 Å². The zero-order valence-corrected chi connectivity index (χ0v) is 11.7. The predicted molar refractivity (Wildman–Crippen MR) is 73.9 cm³/mol. The highest BCUT2D eigenvalue weighted by Crippen LogP contribution is 2.28. The van der Waals surface area contributed by atoms with Gasteiger partial charge < -0.3 is 15.1 Å². The van der Waals surface area contributed by atoms with Gasteiger partial charge in [0.05, 0.1) is 0 Å². The number of carboxylic acid groups (broad SMARTS) is 1. The molecule has 1 fully saturated rings. The third kappa shape index (κ3) is 2.67. The third-order valence-electron chi connectivity index (χ3n) is 3.50. The Hall–Kier alpha value is -2.57.